The first-order chi connectivity index (χ1) is 10.7. The minimum absolute atomic E-state index is 0.558. The standard InChI is InChI=1S/C16H18N2O4/c1-19-12-9-17-15(18-10-12)6-5-11-7-13(20-2)16(22-4)14(8-11)21-3/h5-10H,1-4H3/b6-5-. The molecule has 1 aromatic carbocycles. The largest absolute Gasteiger partial charge is 0.494 e. The van der Waals surface area contributed by atoms with Crippen LogP contribution in [0.4, 0.5) is 0 Å². The smallest absolute Gasteiger partial charge is 0.203 e. The predicted octanol–water partition coefficient (Wildman–Crippen LogP) is 2.68. The molecule has 0 saturated carbocycles. The Morgan fingerprint density at radius 1 is 0.773 bits per heavy atom. The molecule has 0 fully saturated rings. The van der Waals surface area contributed by atoms with E-state index in [1.54, 1.807) is 46.9 Å². The van der Waals surface area contributed by atoms with Gasteiger partial charge in [0.1, 0.15) is 0 Å². The molecule has 0 aliphatic carbocycles. The van der Waals surface area contributed by atoms with Crippen molar-refractivity contribution in [2.45, 2.75) is 0 Å². The molecule has 0 aliphatic heterocycles. The second-order valence-corrected chi connectivity index (χ2v) is 4.27. The van der Waals surface area contributed by atoms with Crippen molar-refractivity contribution in [1.82, 2.24) is 9.97 Å². The van der Waals surface area contributed by atoms with Crippen LogP contribution < -0.4 is 18.9 Å². The Hall–Kier alpha value is -2.76. The SMILES string of the molecule is COc1cnc(/C=C\c2cc(OC)c(OC)c(OC)c2)nc1. The fourth-order valence-electron chi connectivity index (χ4n) is 1.89. The lowest BCUT2D eigenvalue weighted by atomic mass is 10.1. The molecule has 0 saturated heterocycles. The molecule has 0 bridgehead atoms. The topological polar surface area (TPSA) is 62.7 Å². The van der Waals surface area contributed by atoms with E-state index in [2.05, 4.69) is 9.97 Å². The highest BCUT2D eigenvalue weighted by molar-refractivity contribution is 5.70. The summed E-state index contributed by atoms with van der Waals surface area (Å²) in [6.07, 6.45) is 6.89. The molecule has 0 spiro atoms. The maximum absolute atomic E-state index is 5.32. The Morgan fingerprint density at radius 2 is 1.36 bits per heavy atom. The number of hydrogen-bond donors (Lipinski definition) is 0. The Bertz CT molecular complexity index is 629. The third-order valence-electron chi connectivity index (χ3n) is 3.00. The van der Waals surface area contributed by atoms with Crippen molar-refractivity contribution >= 4 is 12.2 Å². The minimum Gasteiger partial charge on any atom is -0.494 e. The summed E-state index contributed by atoms with van der Waals surface area (Å²) >= 11 is 0. The van der Waals surface area contributed by atoms with Crippen LogP contribution in [0, 0.1) is 0 Å². The number of rotatable bonds is 6. The Kier molecular flexibility index (Phi) is 5.19. The van der Waals surface area contributed by atoms with E-state index in [0.717, 1.165) is 5.56 Å². The molecule has 0 radical (unpaired) electrons. The summed E-state index contributed by atoms with van der Waals surface area (Å²) in [5.41, 5.74) is 0.883. The van der Waals surface area contributed by atoms with Crippen LogP contribution in [0.5, 0.6) is 23.0 Å². The molecule has 0 atom stereocenters. The first-order valence-corrected chi connectivity index (χ1v) is 6.56. The van der Waals surface area contributed by atoms with E-state index < -0.39 is 0 Å². The van der Waals surface area contributed by atoms with Gasteiger partial charge in [-0.25, -0.2) is 9.97 Å². The lowest BCUT2D eigenvalue weighted by Gasteiger charge is -2.12. The molecule has 1 heterocycles. The van der Waals surface area contributed by atoms with Crippen LogP contribution in [0.25, 0.3) is 12.2 Å². The first-order valence-electron chi connectivity index (χ1n) is 6.56. The van der Waals surface area contributed by atoms with Crippen LogP contribution in [0.2, 0.25) is 0 Å². The minimum atomic E-state index is 0.558. The summed E-state index contributed by atoms with van der Waals surface area (Å²) < 4.78 is 20.9. The van der Waals surface area contributed by atoms with Crippen LogP contribution in [0.15, 0.2) is 24.5 Å². The number of benzene rings is 1. The third-order valence-corrected chi connectivity index (χ3v) is 3.00. The highest BCUT2D eigenvalue weighted by Crippen LogP contribution is 2.38. The molecular weight excluding hydrogens is 284 g/mol. The molecule has 6 nitrogen and oxygen atoms in total. The summed E-state index contributed by atoms with van der Waals surface area (Å²) in [6, 6.07) is 3.70. The van der Waals surface area contributed by atoms with E-state index in [4.69, 9.17) is 18.9 Å². The van der Waals surface area contributed by atoms with E-state index in [9.17, 15) is 0 Å². The quantitative estimate of drug-likeness (QED) is 0.817. The number of methoxy groups -OCH3 is 4. The van der Waals surface area contributed by atoms with Gasteiger partial charge in [-0.05, 0) is 23.8 Å². The summed E-state index contributed by atoms with van der Waals surface area (Å²) in [5.74, 6) is 2.94. The van der Waals surface area contributed by atoms with Crippen LogP contribution in [0.1, 0.15) is 11.4 Å². The zero-order valence-corrected chi connectivity index (χ0v) is 13.0. The molecule has 2 rings (SSSR count). The highest BCUT2D eigenvalue weighted by atomic mass is 16.5. The molecule has 0 aliphatic rings. The van der Waals surface area contributed by atoms with Gasteiger partial charge in [-0.3, -0.25) is 0 Å². The van der Waals surface area contributed by atoms with Crippen LogP contribution in [-0.2, 0) is 0 Å². The monoisotopic (exact) mass is 302 g/mol. The van der Waals surface area contributed by atoms with Crippen LogP contribution >= 0.6 is 0 Å². The third kappa shape index (κ3) is 3.46. The van der Waals surface area contributed by atoms with Crippen molar-refractivity contribution in [1.29, 1.82) is 0 Å². The van der Waals surface area contributed by atoms with Crippen molar-refractivity contribution in [3.05, 3.63) is 35.9 Å². The van der Waals surface area contributed by atoms with E-state index in [0.29, 0.717) is 28.8 Å². The number of hydrogen-bond acceptors (Lipinski definition) is 6. The van der Waals surface area contributed by atoms with Crippen molar-refractivity contribution in [3.8, 4) is 23.0 Å². The summed E-state index contributed by atoms with van der Waals surface area (Å²) in [7, 11) is 6.31. The molecule has 116 valence electrons. The van der Waals surface area contributed by atoms with Crippen LogP contribution in [0.3, 0.4) is 0 Å². The fraction of sp³-hybridized carbons (Fsp3) is 0.250. The van der Waals surface area contributed by atoms with E-state index >= 15 is 0 Å². The van der Waals surface area contributed by atoms with Gasteiger partial charge in [0.2, 0.25) is 5.75 Å². The van der Waals surface area contributed by atoms with Gasteiger partial charge in [0.15, 0.2) is 23.1 Å². The van der Waals surface area contributed by atoms with Gasteiger partial charge in [-0.2, -0.15) is 0 Å². The maximum atomic E-state index is 5.32. The van der Waals surface area contributed by atoms with Gasteiger partial charge in [0.25, 0.3) is 0 Å². The molecule has 0 N–H and O–H groups in total. The molecule has 0 unspecified atom stereocenters. The Labute approximate surface area is 129 Å². The molecule has 2 aromatic rings. The number of ether oxygens (including phenoxy) is 4. The van der Waals surface area contributed by atoms with E-state index in [1.807, 2.05) is 18.2 Å². The molecule has 1 aromatic heterocycles. The fourth-order valence-corrected chi connectivity index (χ4v) is 1.89. The predicted molar refractivity (Wildman–Crippen MR) is 83.6 cm³/mol. The second kappa shape index (κ2) is 7.31. The Morgan fingerprint density at radius 3 is 1.82 bits per heavy atom. The van der Waals surface area contributed by atoms with Gasteiger partial charge in [0, 0.05) is 0 Å². The van der Waals surface area contributed by atoms with E-state index in [-0.39, 0.29) is 0 Å². The van der Waals surface area contributed by atoms with Gasteiger partial charge in [-0.15, -0.1) is 0 Å². The Balaban J connectivity index is 2.29. The summed E-state index contributed by atoms with van der Waals surface area (Å²) in [5, 5.41) is 0. The zero-order chi connectivity index (χ0) is 15.9. The average molecular weight is 302 g/mol. The summed E-state index contributed by atoms with van der Waals surface area (Å²) in [6.45, 7) is 0. The van der Waals surface area contributed by atoms with Crippen molar-refractivity contribution in [3.63, 3.8) is 0 Å². The second-order valence-electron chi connectivity index (χ2n) is 4.27. The normalized spacial score (nSPS) is 10.5. The zero-order valence-electron chi connectivity index (χ0n) is 13.0. The number of aromatic nitrogens is 2. The molecule has 22 heavy (non-hydrogen) atoms. The van der Waals surface area contributed by atoms with Crippen molar-refractivity contribution < 1.29 is 18.9 Å². The first kappa shape index (κ1) is 15.6. The molecular formula is C16H18N2O4. The van der Waals surface area contributed by atoms with Gasteiger partial charge < -0.3 is 18.9 Å². The van der Waals surface area contributed by atoms with Gasteiger partial charge in [-0.1, -0.05) is 6.08 Å². The highest BCUT2D eigenvalue weighted by Gasteiger charge is 2.11. The van der Waals surface area contributed by atoms with Crippen LogP contribution in [-0.4, -0.2) is 38.4 Å². The average Bonchev–Trinajstić information content (AvgIpc) is 2.59. The van der Waals surface area contributed by atoms with Crippen molar-refractivity contribution in [2.75, 3.05) is 28.4 Å². The van der Waals surface area contributed by atoms with E-state index in [1.165, 1.54) is 0 Å². The maximum Gasteiger partial charge on any atom is 0.203 e. The van der Waals surface area contributed by atoms with Crippen molar-refractivity contribution in [2.24, 2.45) is 0 Å². The lowest BCUT2D eigenvalue weighted by Crippen LogP contribution is -1.95. The molecule has 6 heteroatoms. The van der Waals surface area contributed by atoms with Gasteiger partial charge >= 0.3 is 0 Å². The summed E-state index contributed by atoms with van der Waals surface area (Å²) in [4.78, 5) is 8.35. The molecule has 0 amide bonds. The number of nitrogens with zero attached hydrogens (tertiary/aromatic N) is 2. The lowest BCUT2D eigenvalue weighted by molar-refractivity contribution is 0.324. The van der Waals surface area contributed by atoms with Gasteiger partial charge in [0.05, 0.1) is 40.8 Å².